The largest absolute Gasteiger partial charge is 0.496 e. The molecule has 0 bridgehead atoms. The van der Waals surface area contributed by atoms with Crippen LogP contribution in [-0.2, 0) is 10.3 Å². The molecule has 0 heterocycles. The molecule has 0 fully saturated rings. The summed E-state index contributed by atoms with van der Waals surface area (Å²) in [6.07, 6.45) is 0. The van der Waals surface area contributed by atoms with E-state index in [-0.39, 0.29) is 12.4 Å². The van der Waals surface area contributed by atoms with Gasteiger partial charge in [0, 0.05) is 0 Å². The molecule has 4 nitrogen and oxygen atoms in total. The smallest absolute Gasteiger partial charge is 0.328 e. The molecule has 0 amide bonds. The quantitative estimate of drug-likeness (QED) is 0.897. The van der Waals surface area contributed by atoms with Gasteiger partial charge in [0.1, 0.15) is 11.3 Å². The Morgan fingerprint density at radius 1 is 1.56 bits per heavy atom. The zero-order valence-electron chi connectivity index (χ0n) is 8.86. The summed E-state index contributed by atoms with van der Waals surface area (Å²) >= 11 is 3.28. The molecule has 1 rings (SSSR count). The van der Waals surface area contributed by atoms with Crippen molar-refractivity contribution >= 4 is 34.3 Å². The van der Waals surface area contributed by atoms with Crippen molar-refractivity contribution in [3.8, 4) is 5.75 Å². The van der Waals surface area contributed by atoms with Gasteiger partial charge in [-0.15, -0.1) is 12.4 Å². The number of hydrogen-bond acceptors (Lipinski definition) is 3. The Labute approximate surface area is 108 Å². The average molecular weight is 311 g/mol. The molecule has 0 saturated heterocycles. The van der Waals surface area contributed by atoms with Crippen LogP contribution in [0, 0.1) is 0 Å². The second-order valence-corrected chi connectivity index (χ2v) is 4.21. The van der Waals surface area contributed by atoms with Crippen molar-refractivity contribution in [1.82, 2.24) is 0 Å². The topological polar surface area (TPSA) is 72.5 Å². The lowest BCUT2D eigenvalue weighted by Gasteiger charge is -2.20. The molecule has 3 N–H and O–H groups in total. The zero-order valence-corrected chi connectivity index (χ0v) is 11.3. The van der Waals surface area contributed by atoms with E-state index in [1.807, 2.05) is 0 Å². The molecule has 6 heteroatoms. The van der Waals surface area contributed by atoms with Crippen LogP contribution < -0.4 is 10.5 Å². The first-order chi connectivity index (χ1) is 6.89. The number of carboxylic acid groups (broad SMARTS) is 1. The van der Waals surface area contributed by atoms with Crippen LogP contribution in [0.25, 0.3) is 0 Å². The van der Waals surface area contributed by atoms with Gasteiger partial charge in [-0.3, -0.25) is 0 Å². The summed E-state index contributed by atoms with van der Waals surface area (Å²) in [5, 5.41) is 8.94. The normalized spacial score (nSPS) is 13.5. The van der Waals surface area contributed by atoms with Crippen molar-refractivity contribution in [2.75, 3.05) is 7.11 Å². The Morgan fingerprint density at radius 2 is 2.12 bits per heavy atom. The molecule has 0 saturated carbocycles. The number of halogens is 2. The van der Waals surface area contributed by atoms with Gasteiger partial charge < -0.3 is 15.6 Å². The van der Waals surface area contributed by atoms with Gasteiger partial charge in [-0.2, -0.15) is 0 Å². The SMILES string of the molecule is COc1ccc(C(C)(N)C(=O)O)cc1Br.Cl. The summed E-state index contributed by atoms with van der Waals surface area (Å²) < 4.78 is 5.72. The van der Waals surface area contributed by atoms with E-state index in [2.05, 4.69) is 15.9 Å². The third-order valence-electron chi connectivity index (χ3n) is 2.20. The summed E-state index contributed by atoms with van der Waals surface area (Å²) in [4.78, 5) is 10.9. The highest BCUT2D eigenvalue weighted by molar-refractivity contribution is 9.10. The first-order valence-electron chi connectivity index (χ1n) is 4.26. The third-order valence-corrected chi connectivity index (χ3v) is 2.82. The van der Waals surface area contributed by atoms with E-state index in [0.717, 1.165) is 0 Å². The highest BCUT2D eigenvalue weighted by Crippen LogP contribution is 2.29. The lowest BCUT2D eigenvalue weighted by Crippen LogP contribution is -2.41. The summed E-state index contributed by atoms with van der Waals surface area (Å²) in [6, 6.07) is 4.96. The number of hydrogen-bond donors (Lipinski definition) is 2. The van der Waals surface area contributed by atoms with E-state index >= 15 is 0 Å². The fraction of sp³-hybridized carbons (Fsp3) is 0.300. The first kappa shape index (κ1) is 15.2. The number of carbonyl (C=O) groups is 1. The average Bonchev–Trinajstić information content (AvgIpc) is 2.17. The van der Waals surface area contributed by atoms with Crippen molar-refractivity contribution in [2.45, 2.75) is 12.5 Å². The number of carboxylic acids is 1. The van der Waals surface area contributed by atoms with Crippen LogP contribution in [0.3, 0.4) is 0 Å². The standard InChI is InChI=1S/C10H12BrNO3.ClH/c1-10(12,9(13)14)6-3-4-8(15-2)7(11)5-6;/h3-5H,12H2,1-2H3,(H,13,14);1H. The Balaban J connectivity index is 0.00000225. The van der Waals surface area contributed by atoms with Gasteiger partial charge in [0.25, 0.3) is 0 Å². The number of aliphatic carboxylic acids is 1. The monoisotopic (exact) mass is 309 g/mol. The van der Waals surface area contributed by atoms with Crippen molar-refractivity contribution in [1.29, 1.82) is 0 Å². The molecular weight excluding hydrogens is 297 g/mol. The number of ether oxygens (including phenoxy) is 1. The van der Waals surface area contributed by atoms with E-state index in [9.17, 15) is 4.79 Å². The molecule has 16 heavy (non-hydrogen) atoms. The molecule has 1 unspecified atom stereocenters. The van der Waals surface area contributed by atoms with Crippen LogP contribution in [0.1, 0.15) is 12.5 Å². The molecular formula is C10H13BrClNO3. The van der Waals surface area contributed by atoms with Crippen LogP contribution in [0.15, 0.2) is 22.7 Å². The molecule has 0 spiro atoms. The molecule has 90 valence electrons. The van der Waals surface area contributed by atoms with Gasteiger partial charge in [0.15, 0.2) is 0 Å². The Hall–Kier alpha value is -0.780. The summed E-state index contributed by atoms with van der Waals surface area (Å²) in [7, 11) is 1.54. The highest BCUT2D eigenvalue weighted by atomic mass is 79.9. The minimum Gasteiger partial charge on any atom is -0.496 e. The zero-order chi connectivity index (χ0) is 11.6. The number of benzene rings is 1. The van der Waals surface area contributed by atoms with Gasteiger partial charge in [0.05, 0.1) is 11.6 Å². The second kappa shape index (κ2) is 5.52. The molecule has 0 aliphatic heterocycles. The van der Waals surface area contributed by atoms with Gasteiger partial charge in [-0.1, -0.05) is 6.07 Å². The Bertz CT molecular complexity index is 396. The summed E-state index contributed by atoms with van der Waals surface area (Å²) in [6.45, 7) is 1.45. The van der Waals surface area contributed by atoms with Gasteiger partial charge in [-0.25, -0.2) is 4.79 Å². The van der Waals surface area contributed by atoms with Crippen LogP contribution in [0.4, 0.5) is 0 Å². The highest BCUT2D eigenvalue weighted by Gasteiger charge is 2.30. The van der Waals surface area contributed by atoms with Crippen LogP contribution >= 0.6 is 28.3 Å². The van der Waals surface area contributed by atoms with E-state index in [1.54, 1.807) is 25.3 Å². The lowest BCUT2D eigenvalue weighted by atomic mass is 9.93. The Kier molecular flexibility index (Phi) is 5.25. The Morgan fingerprint density at radius 3 is 2.50 bits per heavy atom. The number of nitrogens with two attached hydrogens (primary N) is 1. The maximum absolute atomic E-state index is 10.9. The number of rotatable bonds is 3. The van der Waals surface area contributed by atoms with Gasteiger partial charge in [-0.05, 0) is 40.5 Å². The van der Waals surface area contributed by atoms with Crippen molar-refractivity contribution in [3.05, 3.63) is 28.2 Å². The minimum atomic E-state index is -1.39. The second-order valence-electron chi connectivity index (χ2n) is 3.36. The third kappa shape index (κ3) is 2.87. The number of methoxy groups -OCH3 is 1. The fourth-order valence-electron chi connectivity index (χ4n) is 1.11. The lowest BCUT2D eigenvalue weighted by molar-refractivity contribution is -0.143. The molecule has 0 aromatic heterocycles. The molecule has 0 radical (unpaired) electrons. The van der Waals surface area contributed by atoms with Crippen LogP contribution in [0.2, 0.25) is 0 Å². The predicted octanol–water partition coefficient (Wildman–Crippen LogP) is 2.14. The maximum Gasteiger partial charge on any atom is 0.328 e. The molecule has 0 aliphatic rings. The fourth-order valence-corrected chi connectivity index (χ4v) is 1.65. The van der Waals surface area contributed by atoms with E-state index in [4.69, 9.17) is 15.6 Å². The van der Waals surface area contributed by atoms with Crippen molar-refractivity contribution in [2.24, 2.45) is 5.73 Å². The molecule has 1 atom stereocenters. The maximum atomic E-state index is 10.9. The first-order valence-corrected chi connectivity index (χ1v) is 5.05. The molecule has 1 aromatic rings. The van der Waals surface area contributed by atoms with Crippen LogP contribution in [-0.4, -0.2) is 18.2 Å². The molecule has 0 aliphatic carbocycles. The van der Waals surface area contributed by atoms with E-state index in [0.29, 0.717) is 15.8 Å². The van der Waals surface area contributed by atoms with E-state index < -0.39 is 11.5 Å². The van der Waals surface area contributed by atoms with Gasteiger partial charge >= 0.3 is 5.97 Å². The van der Waals surface area contributed by atoms with Crippen molar-refractivity contribution < 1.29 is 14.6 Å². The predicted molar refractivity (Wildman–Crippen MR) is 67.1 cm³/mol. The van der Waals surface area contributed by atoms with E-state index in [1.165, 1.54) is 6.92 Å². The summed E-state index contributed by atoms with van der Waals surface area (Å²) in [5.41, 5.74) is 4.80. The molecule has 1 aromatic carbocycles. The summed E-state index contributed by atoms with van der Waals surface area (Å²) in [5.74, 6) is -0.431. The minimum absolute atomic E-state index is 0. The van der Waals surface area contributed by atoms with Crippen molar-refractivity contribution in [3.63, 3.8) is 0 Å². The van der Waals surface area contributed by atoms with Gasteiger partial charge in [0.2, 0.25) is 0 Å². The van der Waals surface area contributed by atoms with Crippen LogP contribution in [0.5, 0.6) is 5.75 Å².